The van der Waals surface area contributed by atoms with Gasteiger partial charge in [0.1, 0.15) is 6.04 Å². The highest BCUT2D eigenvalue weighted by Gasteiger charge is 2.25. The van der Waals surface area contributed by atoms with E-state index in [1.54, 1.807) is 24.0 Å². The van der Waals surface area contributed by atoms with Crippen LogP contribution in [0.4, 0.5) is 0 Å². The molecule has 0 heterocycles. The maximum atomic E-state index is 13.0. The molecule has 0 aliphatic rings. The quantitative estimate of drug-likeness (QED) is 0.711. The molecule has 27 heavy (non-hydrogen) atoms. The predicted octanol–water partition coefficient (Wildman–Crippen LogP) is 3.87. The summed E-state index contributed by atoms with van der Waals surface area (Å²) in [5, 5.41) is 3.53. The smallest absolute Gasteiger partial charge is 0.242 e. The fourth-order valence-electron chi connectivity index (χ4n) is 2.84. The fraction of sp³-hybridized carbons (Fsp3) is 0.364. The number of hydrogen-bond acceptors (Lipinski definition) is 2. The molecule has 1 N–H and O–H groups in total. The highest BCUT2D eigenvalue weighted by molar-refractivity contribution is 6.30. The van der Waals surface area contributed by atoms with Crippen LogP contribution in [0.5, 0.6) is 0 Å². The second kappa shape index (κ2) is 10.7. The van der Waals surface area contributed by atoms with E-state index in [9.17, 15) is 9.59 Å². The van der Waals surface area contributed by atoms with Crippen LogP contribution < -0.4 is 5.32 Å². The highest BCUT2D eigenvalue weighted by atomic mass is 35.5. The maximum Gasteiger partial charge on any atom is 0.242 e. The van der Waals surface area contributed by atoms with Crippen LogP contribution in [0.1, 0.15) is 31.4 Å². The first-order valence-electron chi connectivity index (χ1n) is 9.36. The normalized spacial score (nSPS) is 11.7. The van der Waals surface area contributed by atoms with Gasteiger partial charge >= 0.3 is 0 Å². The number of hydrogen-bond donors (Lipinski definition) is 1. The van der Waals surface area contributed by atoms with Crippen LogP contribution in [0.15, 0.2) is 54.6 Å². The van der Waals surface area contributed by atoms with Gasteiger partial charge in [0.05, 0.1) is 6.42 Å². The minimum absolute atomic E-state index is 0.0626. The van der Waals surface area contributed by atoms with Crippen LogP contribution in [0.3, 0.4) is 0 Å². The van der Waals surface area contributed by atoms with Crippen LogP contribution in [0.2, 0.25) is 5.02 Å². The van der Waals surface area contributed by atoms with Crippen molar-refractivity contribution in [3.63, 3.8) is 0 Å². The lowest BCUT2D eigenvalue weighted by Crippen LogP contribution is -2.49. The Morgan fingerprint density at radius 2 is 1.70 bits per heavy atom. The molecule has 0 aliphatic carbocycles. The van der Waals surface area contributed by atoms with Gasteiger partial charge in [-0.25, -0.2) is 0 Å². The number of carbonyl (C=O) groups is 2. The zero-order chi connectivity index (χ0) is 19.6. The van der Waals surface area contributed by atoms with Crippen LogP contribution in [-0.4, -0.2) is 35.8 Å². The lowest BCUT2D eigenvalue weighted by Gasteiger charge is -2.29. The van der Waals surface area contributed by atoms with E-state index in [-0.39, 0.29) is 18.2 Å². The molecule has 0 spiro atoms. The van der Waals surface area contributed by atoms with Gasteiger partial charge in [0, 0.05) is 18.1 Å². The molecule has 0 bridgehead atoms. The van der Waals surface area contributed by atoms with E-state index in [4.69, 9.17) is 11.6 Å². The molecule has 0 aromatic heterocycles. The minimum Gasteiger partial charge on any atom is -0.354 e. The summed E-state index contributed by atoms with van der Waals surface area (Å²) in [6.45, 7) is 4.90. The van der Waals surface area contributed by atoms with Crippen LogP contribution in [0, 0.1) is 0 Å². The molecule has 0 fully saturated rings. The Balaban J connectivity index is 2.10. The average molecular weight is 387 g/mol. The van der Waals surface area contributed by atoms with Crippen molar-refractivity contribution in [1.29, 1.82) is 0 Å². The fourth-order valence-corrected chi connectivity index (χ4v) is 2.97. The Hall–Kier alpha value is -2.33. The molecule has 0 saturated carbocycles. The Labute approximate surface area is 166 Å². The first-order chi connectivity index (χ1) is 13.0. The van der Waals surface area contributed by atoms with Crippen molar-refractivity contribution < 1.29 is 9.59 Å². The number of rotatable bonds is 9. The van der Waals surface area contributed by atoms with Crippen molar-refractivity contribution in [2.45, 2.75) is 39.2 Å². The summed E-state index contributed by atoms with van der Waals surface area (Å²) in [5.41, 5.74) is 2.03. The van der Waals surface area contributed by atoms with Crippen molar-refractivity contribution in [3.8, 4) is 0 Å². The summed E-state index contributed by atoms with van der Waals surface area (Å²) in [5.74, 6) is -0.179. The molecular weight excluding hydrogens is 360 g/mol. The summed E-state index contributed by atoms with van der Waals surface area (Å²) < 4.78 is 0. The topological polar surface area (TPSA) is 49.4 Å². The Bertz CT molecular complexity index is 732. The van der Waals surface area contributed by atoms with E-state index in [1.165, 1.54) is 0 Å². The molecule has 2 aromatic rings. The largest absolute Gasteiger partial charge is 0.354 e. The van der Waals surface area contributed by atoms with Gasteiger partial charge < -0.3 is 10.2 Å². The van der Waals surface area contributed by atoms with Gasteiger partial charge in [0.25, 0.3) is 0 Å². The minimum atomic E-state index is -0.514. The lowest BCUT2D eigenvalue weighted by molar-refractivity contribution is -0.139. The average Bonchev–Trinajstić information content (AvgIpc) is 2.68. The third-order valence-corrected chi connectivity index (χ3v) is 4.72. The maximum absolute atomic E-state index is 13.0. The second-order valence-corrected chi connectivity index (χ2v) is 7.03. The molecule has 5 heteroatoms. The number of nitrogens with zero attached hydrogens (tertiary/aromatic N) is 1. The third-order valence-electron chi connectivity index (χ3n) is 4.47. The van der Waals surface area contributed by atoms with Gasteiger partial charge in [0.15, 0.2) is 0 Å². The van der Waals surface area contributed by atoms with Crippen LogP contribution in [-0.2, 0) is 22.4 Å². The van der Waals surface area contributed by atoms with Gasteiger partial charge in [0.2, 0.25) is 11.8 Å². The molecule has 0 unspecified atom stereocenters. The summed E-state index contributed by atoms with van der Waals surface area (Å²) >= 11 is 5.92. The lowest BCUT2D eigenvalue weighted by atomic mass is 10.1. The molecule has 144 valence electrons. The van der Waals surface area contributed by atoms with E-state index >= 15 is 0 Å². The van der Waals surface area contributed by atoms with E-state index in [0.717, 1.165) is 17.5 Å². The number of benzene rings is 2. The number of halogens is 1. The highest BCUT2D eigenvalue weighted by Crippen LogP contribution is 2.13. The standard InChI is InChI=1S/C22H27ClN2O2/c1-3-14-24-22(27)17(2)25(15-13-18-7-5-4-6-8-18)21(26)16-19-9-11-20(23)12-10-19/h4-12,17H,3,13-16H2,1-2H3,(H,24,27)/t17-/m0/s1. The molecule has 2 amide bonds. The van der Waals surface area contributed by atoms with Crippen molar-refractivity contribution in [2.24, 2.45) is 0 Å². The Morgan fingerprint density at radius 1 is 1.04 bits per heavy atom. The second-order valence-electron chi connectivity index (χ2n) is 6.59. The Morgan fingerprint density at radius 3 is 2.33 bits per heavy atom. The molecule has 2 rings (SSSR count). The summed E-state index contributed by atoms with van der Waals surface area (Å²) in [6.07, 6.45) is 1.82. The SMILES string of the molecule is CCCNC(=O)[C@H](C)N(CCc1ccccc1)C(=O)Cc1ccc(Cl)cc1. The van der Waals surface area contributed by atoms with Crippen molar-refractivity contribution in [2.75, 3.05) is 13.1 Å². The van der Waals surface area contributed by atoms with E-state index < -0.39 is 6.04 Å². The molecule has 1 atom stereocenters. The molecular formula is C22H27ClN2O2. The third kappa shape index (κ3) is 6.72. The molecule has 0 saturated heterocycles. The molecule has 0 radical (unpaired) electrons. The zero-order valence-electron chi connectivity index (χ0n) is 16.0. The number of carbonyl (C=O) groups excluding carboxylic acids is 2. The number of nitrogens with one attached hydrogen (secondary N) is 1. The first-order valence-corrected chi connectivity index (χ1v) is 9.74. The van der Waals surface area contributed by atoms with Crippen molar-refractivity contribution >= 4 is 23.4 Å². The summed E-state index contributed by atoms with van der Waals surface area (Å²) in [6, 6.07) is 16.7. The summed E-state index contributed by atoms with van der Waals surface area (Å²) in [4.78, 5) is 27.1. The molecule has 2 aromatic carbocycles. The van der Waals surface area contributed by atoms with E-state index in [1.807, 2.05) is 49.4 Å². The van der Waals surface area contributed by atoms with Gasteiger partial charge in [-0.05, 0) is 43.0 Å². The van der Waals surface area contributed by atoms with Gasteiger partial charge in [-0.1, -0.05) is 61.0 Å². The monoisotopic (exact) mass is 386 g/mol. The van der Waals surface area contributed by atoms with Crippen LogP contribution in [0.25, 0.3) is 0 Å². The zero-order valence-corrected chi connectivity index (χ0v) is 16.7. The summed E-state index contributed by atoms with van der Waals surface area (Å²) in [7, 11) is 0. The first kappa shape index (κ1) is 21.0. The van der Waals surface area contributed by atoms with E-state index in [2.05, 4.69) is 5.32 Å². The van der Waals surface area contributed by atoms with Gasteiger partial charge in [-0.15, -0.1) is 0 Å². The van der Waals surface area contributed by atoms with Crippen molar-refractivity contribution in [3.05, 3.63) is 70.7 Å². The van der Waals surface area contributed by atoms with Crippen LogP contribution >= 0.6 is 11.6 Å². The van der Waals surface area contributed by atoms with Gasteiger partial charge in [-0.2, -0.15) is 0 Å². The number of amides is 2. The van der Waals surface area contributed by atoms with Gasteiger partial charge in [-0.3, -0.25) is 9.59 Å². The molecule has 4 nitrogen and oxygen atoms in total. The predicted molar refractivity (Wildman–Crippen MR) is 110 cm³/mol. The van der Waals surface area contributed by atoms with E-state index in [0.29, 0.717) is 24.5 Å². The van der Waals surface area contributed by atoms with Crippen molar-refractivity contribution in [1.82, 2.24) is 10.2 Å². The Kier molecular flexibility index (Phi) is 8.34. The molecule has 0 aliphatic heterocycles.